The van der Waals surface area contributed by atoms with Crippen molar-refractivity contribution in [2.24, 2.45) is 5.73 Å². The highest BCUT2D eigenvalue weighted by Gasteiger charge is 2.13. The van der Waals surface area contributed by atoms with Gasteiger partial charge in [-0.15, -0.1) is 10.2 Å². The Kier molecular flexibility index (Phi) is 4.22. The van der Waals surface area contributed by atoms with Gasteiger partial charge in [0.25, 0.3) is 0 Å². The number of aromatic nitrogens is 2. The first-order valence-corrected chi connectivity index (χ1v) is 6.55. The number of anilines is 2. The molecule has 2 aromatic rings. The minimum atomic E-state index is -0.258. The van der Waals surface area contributed by atoms with Gasteiger partial charge in [0, 0.05) is 12.2 Å². The predicted octanol–water partition coefficient (Wildman–Crippen LogP) is 2.47. The normalized spacial score (nSPS) is 10.6. The average molecular weight is 266 g/mol. The molecule has 2 rings (SSSR count). The van der Waals surface area contributed by atoms with Crippen LogP contribution in [-0.2, 0) is 0 Å². The Bertz CT molecular complexity index is 514. The monoisotopic (exact) mass is 266 g/mol. The Hall–Kier alpha value is -1.53. The van der Waals surface area contributed by atoms with Crippen LogP contribution in [0.25, 0.3) is 0 Å². The van der Waals surface area contributed by atoms with Gasteiger partial charge in [-0.05, 0) is 38.1 Å². The van der Waals surface area contributed by atoms with E-state index in [4.69, 9.17) is 5.73 Å². The van der Waals surface area contributed by atoms with Gasteiger partial charge in [-0.25, -0.2) is 4.39 Å². The zero-order valence-corrected chi connectivity index (χ0v) is 11.0. The van der Waals surface area contributed by atoms with Crippen LogP contribution in [-0.4, -0.2) is 23.3 Å². The number of nitrogens with two attached hydrogens (primary N) is 1. The summed E-state index contributed by atoms with van der Waals surface area (Å²) >= 11 is 1.49. The molecule has 0 saturated heterocycles. The van der Waals surface area contributed by atoms with E-state index in [1.165, 1.54) is 23.5 Å². The lowest BCUT2D eigenvalue weighted by molar-refractivity contribution is 0.627. The molecule has 0 unspecified atom stereocenters. The smallest absolute Gasteiger partial charge is 0.212 e. The highest BCUT2D eigenvalue weighted by atomic mass is 32.1. The molecule has 0 aliphatic carbocycles. The van der Waals surface area contributed by atoms with Crippen molar-refractivity contribution in [1.82, 2.24) is 10.2 Å². The first kappa shape index (κ1) is 12.9. The first-order chi connectivity index (χ1) is 8.70. The summed E-state index contributed by atoms with van der Waals surface area (Å²) in [5.41, 5.74) is 6.31. The van der Waals surface area contributed by atoms with Gasteiger partial charge < -0.3 is 10.6 Å². The molecule has 96 valence electrons. The molecule has 1 aromatic carbocycles. The van der Waals surface area contributed by atoms with Crippen LogP contribution in [0.3, 0.4) is 0 Å². The highest BCUT2D eigenvalue weighted by molar-refractivity contribution is 7.15. The standard InChI is InChI=1S/C12H15FN4S/c1-9-15-16-12(18-9)17(7-3-6-14)11-5-2-4-10(13)8-11/h2,4-5,8H,3,6-7,14H2,1H3. The number of rotatable bonds is 5. The van der Waals surface area contributed by atoms with E-state index < -0.39 is 0 Å². The molecule has 0 aliphatic heterocycles. The molecule has 1 aromatic heterocycles. The third-order valence-corrected chi connectivity index (χ3v) is 3.31. The Morgan fingerprint density at radius 2 is 2.22 bits per heavy atom. The fourth-order valence-corrected chi connectivity index (χ4v) is 2.36. The molecule has 1 heterocycles. The fraction of sp³-hybridized carbons (Fsp3) is 0.333. The number of nitrogens with zero attached hydrogens (tertiary/aromatic N) is 3. The molecule has 2 N–H and O–H groups in total. The van der Waals surface area contributed by atoms with E-state index in [0.29, 0.717) is 13.1 Å². The lowest BCUT2D eigenvalue weighted by atomic mass is 10.2. The molecule has 0 atom stereocenters. The third-order valence-electron chi connectivity index (χ3n) is 2.45. The molecule has 0 spiro atoms. The third kappa shape index (κ3) is 3.02. The molecule has 0 aliphatic rings. The van der Waals surface area contributed by atoms with Crippen molar-refractivity contribution >= 4 is 22.2 Å². The summed E-state index contributed by atoms with van der Waals surface area (Å²) < 4.78 is 13.3. The molecule has 0 fully saturated rings. The van der Waals surface area contributed by atoms with Gasteiger partial charge in [0.15, 0.2) is 0 Å². The van der Waals surface area contributed by atoms with Crippen LogP contribution >= 0.6 is 11.3 Å². The van der Waals surface area contributed by atoms with E-state index in [2.05, 4.69) is 10.2 Å². The molecule has 6 heteroatoms. The van der Waals surface area contributed by atoms with E-state index in [0.717, 1.165) is 22.2 Å². The lowest BCUT2D eigenvalue weighted by Gasteiger charge is -2.21. The molecule has 4 nitrogen and oxygen atoms in total. The largest absolute Gasteiger partial charge is 0.330 e. The first-order valence-electron chi connectivity index (χ1n) is 5.74. The van der Waals surface area contributed by atoms with Crippen LogP contribution in [0.5, 0.6) is 0 Å². The van der Waals surface area contributed by atoms with E-state index >= 15 is 0 Å². The van der Waals surface area contributed by atoms with Crippen molar-refractivity contribution in [3.05, 3.63) is 35.1 Å². The summed E-state index contributed by atoms with van der Waals surface area (Å²) in [4.78, 5) is 1.95. The zero-order valence-electron chi connectivity index (χ0n) is 10.1. The zero-order chi connectivity index (χ0) is 13.0. The molecule has 0 bridgehead atoms. The number of hydrogen-bond donors (Lipinski definition) is 1. The highest BCUT2D eigenvalue weighted by Crippen LogP contribution is 2.28. The van der Waals surface area contributed by atoms with Crippen molar-refractivity contribution in [3.8, 4) is 0 Å². The van der Waals surface area contributed by atoms with Gasteiger partial charge in [0.1, 0.15) is 10.8 Å². The average Bonchev–Trinajstić information content (AvgIpc) is 2.76. The van der Waals surface area contributed by atoms with E-state index in [-0.39, 0.29) is 5.82 Å². The number of hydrogen-bond acceptors (Lipinski definition) is 5. The van der Waals surface area contributed by atoms with Gasteiger partial charge in [-0.2, -0.15) is 0 Å². The van der Waals surface area contributed by atoms with Crippen LogP contribution in [0.2, 0.25) is 0 Å². The van der Waals surface area contributed by atoms with Crippen LogP contribution in [0.15, 0.2) is 24.3 Å². The molecule has 0 amide bonds. The predicted molar refractivity (Wildman–Crippen MR) is 71.7 cm³/mol. The van der Waals surface area contributed by atoms with Crippen molar-refractivity contribution in [2.45, 2.75) is 13.3 Å². The van der Waals surface area contributed by atoms with Gasteiger partial charge in [0.05, 0.1) is 0 Å². The summed E-state index contributed by atoms with van der Waals surface area (Å²) in [5.74, 6) is -0.258. The van der Waals surface area contributed by atoms with E-state index in [1.54, 1.807) is 6.07 Å². The summed E-state index contributed by atoms with van der Waals surface area (Å²) in [7, 11) is 0. The van der Waals surface area contributed by atoms with Gasteiger partial charge >= 0.3 is 0 Å². The van der Waals surface area contributed by atoms with Gasteiger partial charge in [-0.3, -0.25) is 0 Å². The maximum Gasteiger partial charge on any atom is 0.212 e. The Labute approximate surface area is 109 Å². The number of benzene rings is 1. The molecular formula is C12H15FN4S. The Morgan fingerprint density at radius 1 is 1.39 bits per heavy atom. The molecule has 18 heavy (non-hydrogen) atoms. The topological polar surface area (TPSA) is 55.0 Å². The maximum absolute atomic E-state index is 13.3. The summed E-state index contributed by atoms with van der Waals surface area (Å²) in [6.45, 7) is 3.19. The van der Waals surface area contributed by atoms with Crippen LogP contribution < -0.4 is 10.6 Å². The minimum absolute atomic E-state index is 0.258. The molecular weight excluding hydrogens is 251 g/mol. The fourth-order valence-electron chi connectivity index (χ4n) is 1.62. The van der Waals surface area contributed by atoms with Crippen molar-refractivity contribution in [3.63, 3.8) is 0 Å². The summed E-state index contributed by atoms with van der Waals surface area (Å²) in [6, 6.07) is 6.47. The quantitative estimate of drug-likeness (QED) is 0.903. The summed E-state index contributed by atoms with van der Waals surface area (Å²) in [6.07, 6.45) is 0.815. The minimum Gasteiger partial charge on any atom is -0.330 e. The van der Waals surface area contributed by atoms with Crippen molar-refractivity contribution in [1.29, 1.82) is 0 Å². The Balaban J connectivity index is 2.30. The van der Waals surface area contributed by atoms with E-state index in [1.807, 2.05) is 17.9 Å². The lowest BCUT2D eigenvalue weighted by Crippen LogP contribution is -2.20. The summed E-state index contributed by atoms with van der Waals surface area (Å²) in [5, 5.41) is 9.76. The van der Waals surface area contributed by atoms with Crippen LogP contribution in [0.1, 0.15) is 11.4 Å². The van der Waals surface area contributed by atoms with E-state index in [9.17, 15) is 4.39 Å². The Morgan fingerprint density at radius 3 is 2.83 bits per heavy atom. The number of aryl methyl sites for hydroxylation is 1. The SMILES string of the molecule is Cc1nnc(N(CCCN)c2cccc(F)c2)s1. The van der Waals surface area contributed by atoms with Crippen LogP contribution in [0.4, 0.5) is 15.2 Å². The van der Waals surface area contributed by atoms with Gasteiger partial charge in [0.2, 0.25) is 5.13 Å². The van der Waals surface area contributed by atoms with Crippen molar-refractivity contribution < 1.29 is 4.39 Å². The maximum atomic E-state index is 13.3. The second-order valence-electron chi connectivity index (χ2n) is 3.88. The second-order valence-corrected chi connectivity index (χ2v) is 5.04. The van der Waals surface area contributed by atoms with Crippen LogP contribution in [0, 0.1) is 12.7 Å². The van der Waals surface area contributed by atoms with Gasteiger partial charge in [-0.1, -0.05) is 17.4 Å². The molecule has 0 saturated carbocycles. The number of halogens is 1. The molecule has 0 radical (unpaired) electrons. The second kappa shape index (κ2) is 5.88. The van der Waals surface area contributed by atoms with Crippen molar-refractivity contribution in [2.75, 3.05) is 18.0 Å².